The molecule has 0 aliphatic rings. The second kappa shape index (κ2) is 9.23. The van der Waals surface area contributed by atoms with Gasteiger partial charge in [-0.15, -0.1) is 0 Å². The second-order valence-corrected chi connectivity index (χ2v) is 5.68. The number of methoxy groups -OCH3 is 1. The van der Waals surface area contributed by atoms with Gasteiger partial charge in [0.1, 0.15) is 11.9 Å². The lowest BCUT2D eigenvalue weighted by molar-refractivity contribution is -0.162. The first-order valence-electron chi connectivity index (χ1n) is 8.14. The van der Waals surface area contributed by atoms with Crippen molar-refractivity contribution in [3.8, 4) is 5.75 Å². The van der Waals surface area contributed by atoms with Gasteiger partial charge in [0.05, 0.1) is 19.2 Å². The smallest absolute Gasteiger partial charge is 0.438 e. The number of anilines is 1. The normalized spacial score (nSPS) is 12.2. The van der Waals surface area contributed by atoms with Gasteiger partial charge in [-0.1, -0.05) is 30.3 Å². The number of carbonyl (C=O) groups is 2. The number of hydrogen-bond acceptors (Lipinski definition) is 5. The molecule has 1 atom stereocenters. The van der Waals surface area contributed by atoms with E-state index in [1.54, 1.807) is 18.2 Å². The topological polar surface area (TPSA) is 65.1 Å². The molecule has 0 fully saturated rings. The standard InChI is InChI=1S/C19H18F3NO5/c1-13(24)27-16-10-8-14(9-11-16)17(12-19(20,21)22)28-23(18(25)26-2)15-6-4-3-5-7-15/h3-11,17H,12H2,1-2H3. The van der Waals surface area contributed by atoms with Crippen LogP contribution in [0.25, 0.3) is 0 Å². The molecule has 28 heavy (non-hydrogen) atoms. The maximum Gasteiger partial charge on any atom is 0.438 e. The lowest BCUT2D eigenvalue weighted by Crippen LogP contribution is -2.34. The van der Waals surface area contributed by atoms with E-state index in [0.29, 0.717) is 5.06 Å². The number of esters is 1. The van der Waals surface area contributed by atoms with E-state index >= 15 is 0 Å². The predicted octanol–water partition coefficient (Wildman–Crippen LogP) is 4.81. The van der Waals surface area contributed by atoms with Crippen molar-refractivity contribution in [3.05, 3.63) is 60.2 Å². The van der Waals surface area contributed by atoms with Crippen molar-refractivity contribution in [2.45, 2.75) is 25.6 Å². The Labute approximate surface area is 159 Å². The monoisotopic (exact) mass is 397 g/mol. The number of amides is 1. The zero-order chi connectivity index (χ0) is 20.7. The molecule has 0 aliphatic carbocycles. The number of ether oxygens (including phenoxy) is 2. The van der Waals surface area contributed by atoms with E-state index in [0.717, 1.165) is 7.11 Å². The fraction of sp³-hybridized carbons (Fsp3) is 0.263. The highest BCUT2D eigenvalue weighted by atomic mass is 19.4. The highest BCUT2D eigenvalue weighted by molar-refractivity contribution is 5.85. The van der Waals surface area contributed by atoms with E-state index in [1.807, 2.05) is 0 Å². The lowest BCUT2D eigenvalue weighted by atomic mass is 10.1. The van der Waals surface area contributed by atoms with Gasteiger partial charge in [0.25, 0.3) is 0 Å². The van der Waals surface area contributed by atoms with Crippen LogP contribution in [0.2, 0.25) is 0 Å². The van der Waals surface area contributed by atoms with Crippen LogP contribution in [0.3, 0.4) is 0 Å². The number of benzene rings is 2. The number of halogens is 3. The molecule has 9 heteroatoms. The first-order valence-corrected chi connectivity index (χ1v) is 8.14. The summed E-state index contributed by atoms with van der Waals surface area (Å²) in [5.74, 6) is -0.383. The van der Waals surface area contributed by atoms with E-state index in [2.05, 4.69) is 4.74 Å². The SMILES string of the molecule is COC(=O)N(OC(CC(F)(F)F)c1ccc(OC(C)=O)cc1)c1ccccc1. The number of hydroxylamine groups is 1. The molecule has 0 bridgehead atoms. The molecule has 2 aromatic carbocycles. The van der Waals surface area contributed by atoms with Crippen LogP contribution < -0.4 is 9.80 Å². The van der Waals surface area contributed by atoms with Gasteiger partial charge in [0.15, 0.2) is 0 Å². The average Bonchev–Trinajstić information content (AvgIpc) is 2.64. The molecule has 1 unspecified atom stereocenters. The molecule has 2 rings (SSSR count). The number of para-hydroxylation sites is 1. The maximum atomic E-state index is 13.1. The number of hydrogen-bond donors (Lipinski definition) is 0. The summed E-state index contributed by atoms with van der Waals surface area (Å²) >= 11 is 0. The minimum Gasteiger partial charge on any atom is -0.451 e. The summed E-state index contributed by atoms with van der Waals surface area (Å²) in [4.78, 5) is 28.4. The largest absolute Gasteiger partial charge is 0.451 e. The number of carbonyl (C=O) groups excluding carboxylic acids is 2. The molecule has 0 saturated heterocycles. The van der Waals surface area contributed by atoms with Crippen LogP contribution in [0.4, 0.5) is 23.7 Å². The molecule has 0 radical (unpaired) electrons. The Kier molecular flexibility index (Phi) is 7.00. The quantitative estimate of drug-likeness (QED) is 0.398. The minimum atomic E-state index is -4.56. The van der Waals surface area contributed by atoms with Crippen molar-refractivity contribution in [2.75, 3.05) is 12.2 Å². The van der Waals surface area contributed by atoms with Crippen LogP contribution in [-0.4, -0.2) is 25.3 Å². The van der Waals surface area contributed by atoms with Crippen molar-refractivity contribution in [2.24, 2.45) is 0 Å². The van der Waals surface area contributed by atoms with E-state index in [1.165, 1.54) is 43.3 Å². The lowest BCUT2D eigenvalue weighted by Gasteiger charge is -2.27. The highest BCUT2D eigenvalue weighted by Gasteiger charge is 2.36. The van der Waals surface area contributed by atoms with Crippen LogP contribution in [-0.2, 0) is 14.4 Å². The highest BCUT2D eigenvalue weighted by Crippen LogP contribution is 2.34. The summed E-state index contributed by atoms with van der Waals surface area (Å²) in [6.45, 7) is 1.21. The zero-order valence-corrected chi connectivity index (χ0v) is 15.1. The molecule has 0 N–H and O–H groups in total. The van der Waals surface area contributed by atoms with Gasteiger partial charge < -0.3 is 9.47 Å². The van der Waals surface area contributed by atoms with E-state index < -0.39 is 30.8 Å². The average molecular weight is 397 g/mol. The maximum absolute atomic E-state index is 13.1. The van der Waals surface area contributed by atoms with Crippen molar-refractivity contribution in [3.63, 3.8) is 0 Å². The first kappa shape index (κ1) is 21.2. The van der Waals surface area contributed by atoms with Gasteiger partial charge in [0.2, 0.25) is 0 Å². The Balaban J connectivity index is 2.33. The summed E-state index contributed by atoms with van der Waals surface area (Å²) in [5, 5.41) is 0.663. The molecule has 150 valence electrons. The Hall–Kier alpha value is -3.07. The molecular formula is C19H18F3NO5. The van der Waals surface area contributed by atoms with E-state index in [9.17, 15) is 22.8 Å². The molecule has 0 aromatic heterocycles. The Morgan fingerprint density at radius 2 is 1.64 bits per heavy atom. The van der Waals surface area contributed by atoms with Gasteiger partial charge in [-0.25, -0.2) is 4.79 Å². The number of nitrogens with zero attached hydrogens (tertiary/aromatic N) is 1. The minimum absolute atomic E-state index is 0.137. The molecule has 6 nitrogen and oxygen atoms in total. The summed E-state index contributed by atoms with van der Waals surface area (Å²) in [6.07, 6.45) is -8.42. The fourth-order valence-electron chi connectivity index (χ4n) is 2.33. The van der Waals surface area contributed by atoms with Gasteiger partial charge in [-0.05, 0) is 29.8 Å². The number of rotatable bonds is 6. The molecule has 0 aliphatic heterocycles. The molecule has 1 amide bonds. The van der Waals surface area contributed by atoms with Gasteiger partial charge in [0, 0.05) is 6.92 Å². The van der Waals surface area contributed by atoms with Crippen LogP contribution in [0.1, 0.15) is 25.0 Å². The third kappa shape index (κ3) is 6.27. The number of alkyl halides is 3. The predicted molar refractivity (Wildman–Crippen MR) is 93.6 cm³/mol. The Morgan fingerprint density at radius 1 is 1.04 bits per heavy atom. The fourth-order valence-corrected chi connectivity index (χ4v) is 2.33. The summed E-state index contributed by atoms with van der Waals surface area (Å²) < 4.78 is 48.8. The Bertz CT molecular complexity index is 793. The molecule has 0 heterocycles. The first-order chi connectivity index (χ1) is 13.2. The molecule has 0 saturated carbocycles. The molecule has 0 spiro atoms. The van der Waals surface area contributed by atoms with Crippen molar-refractivity contribution < 1.29 is 37.1 Å². The van der Waals surface area contributed by atoms with E-state index in [-0.39, 0.29) is 17.0 Å². The van der Waals surface area contributed by atoms with Crippen LogP contribution in [0, 0.1) is 0 Å². The van der Waals surface area contributed by atoms with Gasteiger partial charge in [-0.2, -0.15) is 18.2 Å². The van der Waals surface area contributed by atoms with Crippen molar-refractivity contribution in [1.29, 1.82) is 0 Å². The molecular weight excluding hydrogens is 379 g/mol. The van der Waals surface area contributed by atoms with Crippen molar-refractivity contribution >= 4 is 17.7 Å². The summed E-state index contributed by atoms with van der Waals surface area (Å²) in [6, 6.07) is 13.2. The van der Waals surface area contributed by atoms with E-state index in [4.69, 9.17) is 9.57 Å². The van der Waals surface area contributed by atoms with Crippen LogP contribution in [0.5, 0.6) is 5.75 Å². The zero-order valence-electron chi connectivity index (χ0n) is 15.1. The van der Waals surface area contributed by atoms with Crippen molar-refractivity contribution in [1.82, 2.24) is 0 Å². The summed E-state index contributed by atoms with van der Waals surface area (Å²) in [7, 11) is 1.09. The second-order valence-electron chi connectivity index (χ2n) is 5.68. The third-order valence-corrected chi connectivity index (χ3v) is 3.49. The third-order valence-electron chi connectivity index (χ3n) is 3.49. The van der Waals surface area contributed by atoms with Crippen LogP contribution in [0.15, 0.2) is 54.6 Å². The summed E-state index contributed by atoms with van der Waals surface area (Å²) in [5.41, 5.74) is 0.344. The van der Waals surface area contributed by atoms with Crippen LogP contribution >= 0.6 is 0 Å². The van der Waals surface area contributed by atoms with Gasteiger partial charge in [-0.3, -0.25) is 9.63 Å². The molecule has 2 aromatic rings. The Morgan fingerprint density at radius 3 is 2.14 bits per heavy atom. The van der Waals surface area contributed by atoms with Gasteiger partial charge >= 0.3 is 18.2 Å².